The van der Waals surface area contributed by atoms with Crippen LogP contribution in [0.15, 0.2) is 35.9 Å². The number of nitrogens with zero attached hydrogens (tertiary/aromatic N) is 1. The van der Waals surface area contributed by atoms with E-state index in [4.69, 9.17) is 4.74 Å². The molecule has 128 valence electrons. The molecule has 2 fully saturated rings. The highest BCUT2D eigenvalue weighted by atomic mass is 16.6. The SMILES string of the molecule is CC(C)=C[C@H]1[C@@H](C(=O)Nc2cccc(N3CCOC3=O)c2)C1(C)C. The second-order valence-corrected chi connectivity index (χ2v) is 7.37. The molecule has 1 saturated heterocycles. The van der Waals surface area contributed by atoms with Gasteiger partial charge in [0.05, 0.1) is 12.5 Å². The second kappa shape index (κ2) is 5.96. The van der Waals surface area contributed by atoms with Gasteiger partial charge in [-0.3, -0.25) is 9.69 Å². The maximum atomic E-state index is 12.6. The van der Waals surface area contributed by atoms with Crippen molar-refractivity contribution in [2.24, 2.45) is 17.3 Å². The minimum atomic E-state index is -0.342. The van der Waals surface area contributed by atoms with Crippen LogP contribution in [-0.4, -0.2) is 25.2 Å². The molecule has 0 unspecified atom stereocenters. The minimum absolute atomic E-state index is 0.0161. The summed E-state index contributed by atoms with van der Waals surface area (Å²) in [5.74, 6) is 0.288. The van der Waals surface area contributed by atoms with E-state index in [-0.39, 0.29) is 29.3 Å². The first-order valence-corrected chi connectivity index (χ1v) is 8.31. The Morgan fingerprint density at radius 1 is 1.38 bits per heavy atom. The predicted octanol–water partition coefficient (Wildman–Crippen LogP) is 3.82. The lowest BCUT2D eigenvalue weighted by atomic mass is 10.1. The van der Waals surface area contributed by atoms with Crippen molar-refractivity contribution in [2.45, 2.75) is 27.7 Å². The number of cyclic esters (lactones) is 1. The number of allylic oxidation sites excluding steroid dienone is 2. The molecule has 0 radical (unpaired) electrons. The van der Waals surface area contributed by atoms with E-state index in [2.05, 4.69) is 39.1 Å². The van der Waals surface area contributed by atoms with Crippen LogP contribution in [0.1, 0.15) is 27.7 Å². The van der Waals surface area contributed by atoms with E-state index in [1.54, 1.807) is 4.90 Å². The molecule has 1 aliphatic heterocycles. The highest BCUT2D eigenvalue weighted by Crippen LogP contribution is 2.59. The Bertz CT molecular complexity index is 704. The van der Waals surface area contributed by atoms with Gasteiger partial charge < -0.3 is 10.1 Å². The molecule has 24 heavy (non-hydrogen) atoms. The molecule has 1 heterocycles. The Kier molecular flexibility index (Phi) is 4.11. The van der Waals surface area contributed by atoms with Gasteiger partial charge in [-0.2, -0.15) is 0 Å². The Hall–Kier alpha value is -2.30. The van der Waals surface area contributed by atoms with Gasteiger partial charge in [0.2, 0.25) is 5.91 Å². The molecule has 1 aliphatic carbocycles. The van der Waals surface area contributed by atoms with Crippen molar-refractivity contribution < 1.29 is 14.3 Å². The summed E-state index contributed by atoms with van der Waals surface area (Å²) in [6, 6.07) is 7.33. The summed E-state index contributed by atoms with van der Waals surface area (Å²) < 4.78 is 4.96. The summed E-state index contributed by atoms with van der Waals surface area (Å²) in [5.41, 5.74) is 2.66. The fourth-order valence-corrected chi connectivity index (χ4v) is 3.45. The second-order valence-electron chi connectivity index (χ2n) is 7.37. The number of carbonyl (C=O) groups is 2. The molecule has 3 rings (SSSR count). The third kappa shape index (κ3) is 3.03. The van der Waals surface area contributed by atoms with Gasteiger partial charge in [0.1, 0.15) is 6.61 Å². The molecule has 5 nitrogen and oxygen atoms in total. The number of amides is 2. The number of carbonyl (C=O) groups excluding carboxylic acids is 2. The molecule has 2 atom stereocenters. The smallest absolute Gasteiger partial charge is 0.414 e. The molecule has 2 amide bonds. The van der Waals surface area contributed by atoms with E-state index >= 15 is 0 Å². The normalized spacial score (nSPS) is 24.3. The van der Waals surface area contributed by atoms with Crippen molar-refractivity contribution in [3.05, 3.63) is 35.9 Å². The highest BCUT2D eigenvalue weighted by molar-refractivity contribution is 5.97. The zero-order chi connectivity index (χ0) is 17.5. The van der Waals surface area contributed by atoms with Crippen molar-refractivity contribution in [2.75, 3.05) is 23.4 Å². The lowest BCUT2D eigenvalue weighted by Gasteiger charge is -2.14. The van der Waals surface area contributed by atoms with E-state index in [0.29, 0.717) is 18.8 Å². The van der Waals surface area contributed by atoms with Gasteiger partial charge in [-0.25, -0.2) is 4.79 Å². The van der Waals surface area contributed by atoms with Crippen LogP contribution in [0, 0.1) is 17.3 Å². The first kappa shape index (κ1) is 16.6. The van der Waals surface area contributed by atoms with E-state index in [0.717, 1.165) is 5.69 Å². The summed E-state index contributed by atoms with van der Waals surface area (Å²) in [6.07, 6.45) is 1.84. The summed E-state index contributed by atoms with van der Waals surface area (Å²) in [4.78, 5) is 25.9. The van der Waals surface area contributed by atoms with Crippen LogP contribution in [0.4, 0.5) is 16.2 Å². The molecular formula is C19H24N2O3. The molecule has 1 aromatic rings. The molecule has 0 aromatic heterocycles. The number of ether oxygens (including phenoxy) is 1. The van der Waals surface area contributed by atoms with Crippen molar-refractivity contribution in [3.63, 3.8) is 0 Å². The molecule has 0 spiro atoms. The predicted molar refractivity (Wildman–Crippen MR) is 94.0 cm³/mol. The fourth-order valence-electron chi connectivity index (χ4n) is 3.45. The van der Waals surface area contributed by atoms with Gasteiger partial charge in [-0.05, 0) is 43.4 Å². The average molecular weight is 328 g/mol. The van der Waals surface area contributed by atoms with Crippen LogP contribution in [0.3, 0.4) is 0 Å². The number of anilines is 2. The van der Waals surface area contributed by atoms with Gasteiger partial charge >= 0.3 is 6.09 Å². The third-order valence-electron chi connectivity index (χ3n) is 4.89. The van der Waals surface area contributed by atoms with E-state index in [9.17, 15) is 9.59 Å². The van der Waals surface area contributed by atoms with Crippen molar-refractivity contribution >= 4 is 23.4 Å². The van der Waals surface area contributed by atoms with Gasteiger partial charge in [0.15, 0.2) is 0 Å². The van der Waals surface area contributed by atoms with E-state index in [1.807, 2.05) is 24.3 Å². The minimum Gasteiger partial charge on any atom is -0.447 e. The topological polar surface area (TPSA) is 58.6 Å². The lowest BCUT2D eigenvalue weighted by Crippen LogP contribution is -2.23. The lowest BCUT2D eigenvalue weighted by molar-refractivity contribution is -0.118. The number of benzene rings is 1. The number of rotatable bonds is 4. The van der Waals surface area contributed by atoms with Crippen LogP contribution < -0.4 is 10.2 Å². The van der Waals surface area contributed by atoms with Crippen molar-refractivity contribution in [1.82, 2.24) is 0 Å². The molecule has 1 aromatic carbocycles. The number of hydrogen-bond donors (Lipinski definition) is 1. The summed E-state index contributed by atoms with van der Waals surface area (Å²) >= 11 is 0. The van der Waals surface area contributed by atoms with Gasteiger partial charge in [0.25, 0.3) is 0 Å². The largest absolute Gasteiger partial charge is 0.447 e. The first-order chi connectivity index (χ1) is 11.3. The van der Waals surface area contributed by atoms with Gasteiger partial charge in [-0.15, -0.1) is 0 Å². The quantitative estimate of drug-likeness (QED) is 0.855. The zero-order valence-electron chi connectivity index (χ0n) is 14.6. The first-order valence-electron chi connectivity index (χ1n) is 8.31. The van der Waals surface area contributed by atoms with Gasteiger partial charge in [0, 0.05) is 11.4 Å². The summed E-state index contributed by atoms with van der Waals surface area (Å²) in [6.45, 7) is 9.30. The monoisotopic (exact) mass is 328 g/mol. The Morgan fingerprint density at radius 3 is 2.75 bits per heavy atom. The van der Waals surface area contributed by atoms with Crippen LogP contribution >= 0.6 is 0 Å². The summed E-state index contributed by atoms with van der Waals surface area (Å²) in [5, 5.41) is 2.99. The molecule has 1 N–H and O–H groups in total. The maximum absolute atomic E-state index is 12.6. The Morgan fingerprint density at radius 2 is 2.12 bits per heavy atom. The molecular weight excluding hydrogens is 304 g/mol. The molecule has 2 aliphatic rings. The fraction of sp³-hybridized carbons (Fsp3) is 0.474. The number of nitrogens with one attached hydrogen (secondary N) is 1. The standard InChI is InChI=1S/C19H24N2O3/c1-12(2)10-15-16(19(15,3)4)17(22)20-13-6-5-7-14(11-13)21-8-9-24-18(21)23/h5-7,10-11,15-16H,8-9H2,1-4H3,(H,20,22)/t15-,16-/m0/s1. The van der Waals surface area contributed by atoms with Crippen molar-refractivity contribution in [1.29, 1.82) is 0 Å². The van der Waals surface area contributed by atoms with Gasteiger partial charge in [-0.1, -0.05) is 31.6 Å². The van der Waals surface area contributed by atoms with Crippen molar-refractivity contribution in [3.8, 4) is 0 Å². The molecule has 5 heteroatoms. The summed E-state index contributed by atoms with van der Waals surface area (Å²) in [7, 11) is 0. The highest BCUT2D eigenvalue weighted by Gasteiger charge is 2.60. The van der Waals surface area contributed by atoms with Crippen LogP contribution in [-0.2, 0) is 9.53 Å². The van der Waals surface area contributed by atoms with E-state index in [1.165, 1.54) is 5.57 Å². The third-order valence-corrected chi connectivity index (χ3v) is 4.89. The van der Waals surface area contributed by atoms with E-state index < -0.39 is 0 Å². The van der Waals surface area contributed by atoms with Crippen LogP contribution in [0.5, 0.6) is 0 Å². The Balaban J connectivity index is 1.72. The van der Waals surface area contributed by atoms with Crippen LogP contribution in [0.2, 0.25) is 0 Å². The number of hydrogen-bond acceptors (Lipinski definition) is 3. The maximum Gasteiger partial charge on any atom is 0.414 e. The molecule has 0 bridgehead atoms. The molecule has 1 saturated carbocycles. The van der Waals surface area contributed by atoms with Crippen LogP contribution in [0.25, 0.3) is 0 Å². The Labute approximate surface area is 142 Å². The average Bonchev–Trinajstić information content (AvgIpc) is 2.82. The zero-order valence-corrected chi connectivity index (χ0v) is 14.6.